The number of anilines is 2. The average Bonchev–Trinajstić information content (AvgIpc) is 3.01. The quantitative estimate of drug-likeness (QED) is 0.719. The van der Waals surface area contributed by atoms with Crippen LogP contribution in [0, 0.1) is 20.8 Å². The van der Waals surface area contributed by atoms with Crippen LogP contribution in [0.25, 0.3) is 10.2 Å². The fraction of sp³-hybridized carbons (Fsp3) is 0.267. The number of aryl methyl sites for hydroxylation is 3. The van der Waals surface area contributed by atoms with Crippen molar-refractivity contribution in [2.45, 2.75) is 32.6 Å². The molecule has 0 spiro atoms. The molecule has 0 bridgehead atoms. The van der Waals surface area contributed by atoms with E-state index in [1.807, 2.05) is 6.92 Å². The van der Waals surface area contributed by atoms with Gasteiger partial charge in [-0.3, -0.25) is 9.52 Å². The molecule has 3 aromatic rings. The summed E-state index contributed by atoms with van der Waals surface area (Å²) in [5.74, 6) is 0.0181. The monoisotopic (exact) mass is 380 g/mol. The molecule has 2 aromatic heterocycles. The van der Waals surface area contributed by atoms with E-state index in [9.17, 15) is 13.2 Å². The van der Waals surface area contributed by atoms with Crippen LogP contribution in [-0.2, 0) is 14.8 Å². The Balaban J connectivity index is 2.00. The summed E-state index contributed by atoms with van der Waals surface area (Å²) >= 11 is 1.27. The van der Waals surface area contributed by atoms with Crippen LogP contribution in [0.3, 0.4) is 0 Å². The maximum atomic E-state index is 12.6. The molecule has 0 atom stereocenters. The molecule has 0 aliphatic carbocycles. The first-order valence-corrected chi connectivity index (χ1v) is 9.62. The highest BCUT2D eigenvalue weighted by atomic mass is 32.2. The van der Waals surface area contributed by atoms with Crippen molar-refractivity contribution in [2.75, 3.05) is 10.0 Å². The molecular formula is C15H16N4O4S2. The van der Waals surface area contributed by atoms with Gasteiger partial charge < -0.3 is 9.84 Å². The molecule has 132 valence electrons. The second kappa shape index (κ2) is 6.12. The van der Waals surface area contributed by atoms with Gasteiger partial charge in [0.05, 0.1) is 15.9 Å². The Bertz CT molecular complexity index is 1060. The molecule has 0 unspecified atom stereocenters. The van der Waals surface area contributed by atoms with Crippen molar-refractivity contribution in [3.63, 3.8) is 0 Å². The van der Waals surface area contributed by atoms with Gasteiger partial charge >= 0.3 is 0 Å². The van der Waals surface area contributed by atoms with Crippen molar-refractivity contribution >= 4 is 48.3 Å². The zero-order chi connectivity index (χ0) is 18.4. The fourth-order valence-corrected chi connectivity index (χ4v) is 4.93. The van der Waals surface area contributed by atoms with E-state index in [0.29, 0.717) is 22.0 Å². The largest absolute Gasteiger partial charge is 0.360 e. The Kier molecular flexibility index (Phi) is 4.25. The maximum Gasteiger partial charge on any atom is 0.267 e. The van der Waals surface area contributed by atoms with Crippen LogP contribution in [0.1, 0.15) is 23.9 Å². The number of fused-ring (bicyclic) bond motifs is 1. The Morgan fingerprint density at radius 3 is 2.56 bits per heavy atom. The first-order chi connectivity index (χ1) is 11.7. The van der Waals surface area contributed by atoms with Crippen LogP contribution in [0.2, 0.25) is 0 Å². The van der Waals surface area contributed by atoms with E-state index in [1.165, 1.54) is 18.3 Å². The molecule has 0 aliphatic heterocycles. The Labute approximate surface area is 148 Å². The maximum absolute atomic E-state index is 12.6. The minimum atomic E-state index is -3.82. The summed E-state index contributed by atoms with van der Waals surface area (Å²) in [7, 11) is -3.82. The second-order valence-electron chi connectivity index (χ2n) is 5.60. The topological polar surface area (TPSA) is 114 Å². The highest BCUT2D eigenvalue weighted by molar-refractivity contribution is 7.92. The highest BCUT2D eigenvalue weighted by Gasteiger charge is 2.24. The molecule has 2 heterocycles. The van der Waals surface area contributed by atoms with Crippen molar-refractivity contribution < 1.29 is 17.7 Å². The van der Waals surface area contributed by atoms with Crippen molar-refractivity contribution in [3.8, 4) is 0 Å². The lowest BCUT2D eigenvalue weighted by atomic mass is 10.2. The van der Waals surface area contributed by atoms with Crippen LogP contribution >= 0.6 is 11.3 Å². The van der Waals surface area contributed by atoms with E-state index in [-0.39, 0.29) is 16.6 Å². The van der Waals surface area contributed by atoms with Gasteiger partial charge in [-0.25, -0.2) is 13.4 Å². The number of sulfonamides is 1. The van der Waals surface area contributed by atoms with Crippen LogP contribution in [-0.4, -0.2) is 24.5 Å². The number of thiazole rings is 1. The molecule has 0 saturated carbocycles. The third-order valence-electron chi connectivity index (χ3n) is 3.46. The summed E-state index contributed by atoms with van der Waals surface area (Å²) in [6.45, 7) is 6.35. The summed E-state index contributed by atoms with van der Waals surface area (Å²) in [6, 6.07) is 3.37. The van der Waals surface area contributed by atoms with Crippen LogP contribution in [0.5, 0.6) is 0 Å². The smallest absolute Gasteiger partial charge is 0.267 e. The van der Waals surface area contributed by atoms with Gasteiger partial charge in [0.15, 0.2) is 15.8 Å². The van der Waals surface area contributed by atoms with Gasteiger partial charge in [-0.1, -0.05) is 16.5 Å². The minimum absolute atomic E-state index is 0.0356. The molecule has 0 fully saturated rings. The third kappa shape index (κ3) is 3.35. The standard InChI is InChI=1S/C15H16N4O4S2/c1-7-5-11(6-12-13(7)17-15(24-12)16-10(4)20)19-25(21,22)14-8(2)18-23-9(14)3/h5-6,19H,1-4H3,(H,16,17,20). The van der Waals surface area contributed by atoms with Gasteiger partial charge in [-0.15, -0.1) is 0 Å². The minimum Gasteiger partial charge on any atom is -0.360 e. The molecule has 0 saturated heterocycles. The van der Waals surface area contributed by atoms with Gasteiger partial charge in [0.2, 0.25) is 5.91 Å². The lowest BCUT2D eigenvalue weighted by Crippen LogP contribution is -2.14. The van der Waals surface area contributed by atoms with E-state index < -0.39 is 10.0 Å². The predicted molar refractivity (Wildman–Crippen MR) is 95.4 cm³/mol. The summed E-state index contributed by atoms with van der Waals surface area (Å²) in [6.07, 6.45) is 0. The van der Waals surface area contributed by atoms with Crippen molar-refractivity contribution in [2.24, 2.45) is 0 Å². The summed E-state index contributed by atoms with van der Waals surface area (Å²) in [5.41, 5.74) is 2.22. The number of benzene rings is 1. The predicted octanol–water partition coefficient (Wildman–Crippen LogP) is 2.97. The Morgan fingerprint density at radius 2 is 1.96 bits per heavy atom. The highest BCUT2D eigenvalue weighted by Crippen LogP contribution is 2.32. The summed E-state index contributed by atoms with van der Waals surface area (Å²) < 4.78 is 33.5. The van der Waals surface area contributed by atoms with Gasteiger partial charge in [0.1, 0.15) is 5.69 Å². The van der Waals surface area contributed by atoms with E-state index >= 15 is 0 Å². The Hall–Kier alpha value is -2.46. The molecule has 2 N–H and O–H groups in total. The molecule has 0 radical (unpaired) electrons. The van der Waals surface area contributed by atoms with E-state index in [2.05, 4.69) is 20.2 Å². The summed E-state index contributed by atoms with van der Waals surface area (Å²) in [4.78, 5) is 15.6. The molecular weight excluding hydrogens is 364 g/mol. The van der Waals surface area contributed by atoms with Gasteiger partial charge in [0, 0.05) is 6.92 Å². The number of aromatic nitrogens is 2. The number of carbonyl (C=O) groups excluding carboxylic acids is 1. The van der Waals surface area contributed by atoms with E-state index in [4.69, 9.17) is 4.52 Å². The number of amides is 1. The van der Waals surface area contributed by atoms with Crippen LogP contribution in [0.4, 0.5) is 10.8 Å². The lowest BCUT2D eigenvalue weighted by Gasteiger charge is -2.08. The van der Waals surface area contributed by atoms with Crippen LogP contribution in [0.15, 0.2) is 21.6 Å². The molecule has 3 rings (SSSR count). The summed E-state index contributed by atoms with van der Waals surface area (Å²) in [5, 5.41) is 6.78. The fourth-order valence-electron chi connectivity index (χ4n) is 2.52. The van der Waals surface area contributed by atoms with Crippen molar-refractivity contribution in [3.05, 3.63) is 29.2 Å². The normalized spacial score (nSPS) is 11.7. The number of hydrogen-bond acceptors (Lipinski definition) is 7. The number of carbonyl (C=O) groups is 1. The lowest BCUT2D eigenvalue weighted by molar-refractivity contribution is -0.114. The third-order valence-corrected chi connectivity index (χ3v) is 6.00. The zero-order valence-corrected chi connectivity index (χ0v) is 15.6. The number of hydrogen-bond donors (Lipinski definition) is 2. The molecule has 1 aromatic carbocycles. The first kappa shape index (κ1) is 17.4. The molecule has 25 heavy (non-hydrogen) atoms. The molecule has 10 heteroatoms. The molecule has 0 aliphatic rings. The number of nitrogens with one attached hydrogen (secondary N) is 2. The Morgan fingerprint density at radius 1 is 1.24 bits per heavy atom. The van der Waals surface area contributed by atoms with Gasteiger partial charge in [-0.2, -0.15) is 0 Å². The van der Waals surface area contributed by atoms with Gasteiger partial charge in [-0.05, 0) is 38.5 Å². The van der Waals surface area contributed by atoms with Gasteiger partial charge in [0.25, 0.3) is 10.0 Å². The number of rotatable bonds is 4. The van der Waals surface area contributed by atoms with E-state index in [0.717, 1.165) is 10.3 Å². The zero-order valence-electron chi connectivity index (χ0n) is 14.0. The van der Waals surface area contributed by atoms with Crippen LogP contribution < -0.4 is 10.0 Å². The SMILES string of the molecule is CC(=O)Nc1nc2c(C)cc(NS(=O)(=O)c3c(C)noc3C)cc2s1. The second-order valence-corrected chi connectivity index (χ2v) is 8.25. The van der Waals surface area contributed by atoms with Crippen molar-refractivity contribution in [1.82, 2.24) is 10.1 Å². The first-order valence-electron chi connectivity index (χ1n) is 7.32. The van der Waals surface area contributed by atoms with E-state index in [1.54, 1.807) is 26.0 Å². The average molecular weight is 380 g/mol. The molecule has 1 amide bonds. The molecule has 8 nitrogen and oxygen atoms in total. The number of nitrogens with zero attached hydrogens (tertiary/aromatic N) is 2. The van der Waals surface area contributed by atoms with Crippen molar-refractivity contribution in [1.29, 1.82) is 0 Å².